The summed E-state index contributed by atoms with van der Waals surface area (Å²) >= 11 is 0. The van der Waals surface area contributed by atoms with Gasteiger partial charge in [-0.15, -0.1) is 0 Å². The molecule has 1 amide bonds. The molecule has 90 valence electrons. The number of anilines is 1. The van der Waals surface area contributed by atoms with Crippen LogP contribution in [0.15, 0.2) is 18.2 Å². The standard InChI is InChI=1S/C10H10N2O5/c1-6-4-7(2-3-8(6)12(16)17)11-9(13)5-10(14)15/h2-4H,5H2,1H3,(H,11,13)(H,14,15). The van der Waals surface area contributed by atoms with Crippen LogP contribution in [0.3, 0.4) is 0 Å². The molecule has 0 aliphatic heterocycles. The van der Waals surface area contributed by atoms with E-state index in [2.05, 4.69) is 5.32 Å². The topological polar surface area (TPSA) is 110 Å². The van der Waals surface area contributed by atoms with Gasteiger partial charge in [-0.3, -0.25) is 19.7 Å². The number of carbonyl (C=O) groups excluding carboxylic acids is 1. The number of benzene rings is 1. The number of carboxylic acids is 1. The number of aryl methyl sites for hydroxylation is 1. The third-order valence-corrected chi connectivity index (χ3v) is 1.99. The molecule has 0 heterocycles. The Bertz CT molecular complexity index is 484. The van der Waals surface area contributed by atoms with Gasteiger partial charge in [0.15, 0.2) is 0 Å². The summed E-state index contributed by atoms with van der Waals surface area (Å²) in [5.74, 6) is -1.91. The van der Waals surface area contributed by atoms with Crippen molar-refractivity contribution in [3.63, 3.8) is 0 Å². The molecule has 7 heteroatoms. The number of hydrogen-bond donors (Lipinski definition) is 2. The van der Waals surface area contributed by atoms with Gasteiger partial charge in [-0.25, -0.2) is 0 Å². The van der Waals surface area contributed by atoms with E-state index < -0.39 is 23.2 Å². The summed E-state index contributed by atoms with van der Waals surface area (Å²) in [5.41, 5.74) is 0.670. The van der Waals surface area contributed by atoms with Crippen LogP contribution in [0.2, 0.25) is 0 Å². The highest BCUT2D eigenvalue weighted by Crippen LogP contribution is 2.21. The second kappa shape index (κ2) is 5.06. The highest BCUT2D eigenvalue weighted by Gasteiger charge is 2.12. The van der Waals surface area contributed by atoms with Crippen molar-refractivity contribution in [1.82, 2.24) is 0 Å². The number of rotatable bonds is 4. The molecule has 0 fully saturated rings. The number of hydrogen-bond acceptors (Lipinski definition) is 4. The molecule has 0 aliphatic carbocycles. The first-order valence-corrected chi connectivity index (χ1v) is 4.67. The van der Waals surface area contributed by atoms with Crippen molar-refractivity contribution in [3.8, 4) is 0 Å². The average molecular weight is 238 g/mol. The van der Waals surface area contributed by atoms with Crippen molar-refractivity contribution < 1.29 is 19.6 Å². The maximum Gasteiger partial charge on any atom is 0.312 e. The van der Waals surface area contributed by atoms with Crippen LogP contribution in [-0.2, 0) is 9.59 Å². The molecule has 1 aromatic carbocycles. The molecule has 1 rings (SSSR count). The first kappa shape index (κ1) is 12.6. The monoisotopic (exact) mass is 238 g/mol. The molecular formula is C10H10N2O5. The van der Waals surface area contributed by atoms with Gasteiger partial charge in [0, 0.05) is 17.3 Å². The summed E-state index contributed by atoms with van der Waals surface area (Å²) in [6.07, 6.45) is -0.643. The maximum atomic E-state index is 11.1. The predicted molar refractivity (Wildman–Crippen MR) is 58.7 cm³/mol. The summed E-state index contributed by atoms with van der Waals surface area (Å²) in [4.78, 5) is 31.4. The van der Waals surface area contributed by atoms with Gasteiger partial charge in [-0.05, 0) is 19.1 Å². The van der Waals surface area contributed by atoms with E-state index in [9.17, 15) is 19.7 Å². The van der Waals surface area contributed by atoms with Crippen LogP contribution >= 0.6 is 0 Å². The molecule has 7 nitrogen and oxygen atoms in total. The zero-order valence-electron chi connectivity index (χ0n) is 8.97. The molecule has 0 unspecified atom stereocenters. The van der Waals surface area contributed by atoms with Gasteiger partial charge in [0.2, 0.25) is 5.91 Å². The first-order valence-electron chi connectivity index (χ1n) is 4.67. The van der Waals surface area contributed by atoms with Gasteiger partial charge in [0.1, 0.15) is 6.42 Å². The predicted octanol–water partition coefficient (Wildman–Crippen LogP) is 1.32. The Kier molecular flexibility index (Phi) is 3.76. The quantitative estimate of drug-likeness (QED) is 0.467. The van der Waals surface area contributed by atoms with Gasteiger partial charge in [-0.1, -0.05) is 0 Å². The summed E-state index contributed by atoms with van der Waals surface area (Å²) in [7, 11) is 0. The van der Waals surface area contributed by atoms with Crippen LogP contribution in [0.4, 0.5) is 11.4 Å². The van der Waals surface area contributed by atoms with Crippen LogP contribution in [0, 0.1) is 17.0 Å². The summed E-state index contributed by atoms with van der Waals surface area (Å²) in [6.45, 7) is 1.53. The van der Waals surface area contributed by atoms with E-state index >= 15 is 0 Å². The van der Waals surface area contributed by atoms with Crippen molar-refractivity contribution in [2.75, 3.05) is 5.32 Å². The second-order valence-electron chi connectivity index (χ2n) is 3.38. The molecule has 0 aliphatic rings. The van der Waals surface area contributed by atoms with E-state index in [-0.39, 0.29) is 5.69 Å². The lowest BCUT2D eigenvalue weighted by Crippen LogP contribution is -2.15. The van der Waals surface area contributed by atoms with Crippen LogP contribution in [0.25, 0.3) is 0 Å². The Morgan fingerprint density at radius 3 is 2.59 bits per heavy atom. The van der Waals surface area contributed by atoms with Crippen molar-refractivity contribution in [2.45, 2.75) is 13.3 Å². The summed E-state index contributed by atoms with van der Waals surface area (Å²) < 4.78 is 0. The zero-order valence-corrected chi connectivity index (χ0v) is 8.97. The van der Waals surface area contributed by atoms with E-state index in [0.29, 0.717) is 11.3 Å². The van der Waals surface area contributed by atoms with E-state index in [0.717, 1.165) is 0 Å². The van der Waals surface area contributed by atoms with Gasteiger partial charge in [0.25, 0.3) is 5.69 Å². The van der Waals surface area contributed by atoms with Crippen molar-refractivity contribution in [1.29, 1.82) is 0 Å². The third-order valence-electron chi connectivity index (χ3n) is 1.99. The number of carboxylic acid groups (broad SMARTS) is 1. The molecule has 0 saturated carbocycles. The lowest BCUT2D eigenvalue weighted by Gasteiger charge is -2.04. The number of nitrogens with zero attached hydrogens (tertiary/aromatic N) is 1. The van der Waals surface area contributed by atoms with E-state index in [1.54, 1.807) is 0 Å². The first-order chi connectivity index (χ1) is 7.90. The normalized spacial score (nSPS) is 9.71. The minimum Gasteiger partial charge on any atom is -0.481 e. The molecule has 1 aromatic rings. The Morgan fingerprint density at radius 2 is 2.12 bits per heavy atom. The van der Waals surface area contributed by atoms with Crippen LogP contribution in [0.1, 0.15) is 12.0 Å². The maximum absolute atomic E-state index is 11.1. The fourth-order valence-electron chi connectivity index (χ4n) is 1.28. The van der Waals surface area contributed by atoms with Crippen LogP contribution < -0.4 is 5.32 Å². The Hall–Kier alpha value is -2.44. The number of nitrogens with one attached hydrogen (secondary N) is 1. The van der Waals surface area contributed by atoms with Crippen molar-refractivity contribution in [3.05, 3.63) is 33.9 Å². The third kappa shape index (κ3) is 3.56. The second-order valence-corrected chi connectivity index (χ2v) is 3.38. The van der Waals surface area contributed by atoms with Gasteiger partial charge < -0.3 is 10.4 Å². The number of nitro groups is 1. The lowest BCUT2D eigenvalue weighted by atomic mass is 10.2. The Balaban J connectivity index is 2.81. The molecule has 0 saturated heterocycles. The van der Waals surface area contributed by atoms with E-state index in [1.165, 1.54) is 25.1 Å². The molecule has 2 N–H and O–H groups in total. The highest BCUT2D eigenvalue weighted by atomic mass is 16.6. The van der Waals surface area contributed by atoms with Gasteiger partial charge in [0.05, 0.1) is 4.92 Å². The molecular weight excluding hydrogens is 228 g/mol. The molecule has 0 aromatic heterocycles. The Labute approximate surface area is 96.2 Å². The number of aliphatic carboxylic acids is 1. The largest absolute Gasteiger partial charge is 0.481 e. The number of nitro benzene ring substituents is 1. The van der Waals surface area contributed by atoms with Crippen molar-refractivity contribution >= 4 is 23.3 Å². The highest BCUT2D eigenvalue weighted by molar-refractivity contribution is 6.01. The molecule has 0 bridgehead atoms. The number of amides is 1. The van der Waals surface area contributed by atoms with Crippen LogP contribution in [0.5, 0.6) is 0 Å². The minimum atomic E-state index is -1.24. The Morgan fingerprint density at radius 1 is 1.47 bits per heavy atom. The lowest BCUT2D eigenvalue weighted by molar-refractivity contribution is -0.385. The molecule has 0 atom stereocenters. The SMILES string of the molecule is Cc1cc(NC(=O)CC(=O)O)ccc1[N+](=O)[O-]. The summed E-state index contributed by atoms with van der Waals surface area (Å²) in [6, 6.07) is 4.02. The fourth-order valence-corrected chi connectivity index (χ4v) is 1.28. The van der Waals surface area contributed by atoms with Gasteiger partial charge in [-0.2, -0.15) is 0 Å². The van der Waals surface area contributed by atoms with Crippen molar-refractivity contribution in [2.24, 2.45) is 0 Å². The van der Waals surface area contributed by atoms with E-state index in [4.69, 9.17) is 5.11 Å². The van der Waals surface area contributed by atoms with Gasteiger partial charge >= 0.3 is 5.97 Å². The number of carbonyl (C=O) groups is 2. The molecule has 17 heavy (non-hydrogen) atoms. The average Bonchev–Trinajstić information content (AvgIpc) is 2.15. The molecule has 0 radical (unpaired) electrons. The zero-order chi connectivity index (χ0) is 13.0. The molecule has 0 spiro atoms. The summed E-state index contributed by atoms with van der Waals surface area (Å²) in [5, 5.41) is 21.3. The fraction of sp³-hybridized carbons (Fsp3) is 0.200. The van der Waals surface area contributed by atoms with E-state index in [1.807, 2.05) is 0 Å². The van der Waals surface area contributed by atoms with Crippen LogP contribution in [-0.4, -0.2) is 21.9 Å². The minimum absolute atomic E-state index is 0.0544. The smallest absolute Gasteiger partial charge is 0.312 e.